The molecule has 0 radical (unpaired) electrons. The molecular formula is C28H26F3N7O. The molecule has 1 unspecified atom stereocenters. The van der Waals surface area contributed by atoms with Crippen LogP contribution in [0.25, 0.3) is 27.6 Å². The first-order valence-corrected chi connectivity index (χ1v) is 12.7. The van der Waals surface area contributed by atoms with E-state index in [1.165, 1.54) is 23.1 Å². The first-order valence-electron chi connectivity index (χ1n) is 12.7. The van der Waals surface area contributed by atoms with Crippen molar-refractivity contribution in [2.45, 2.75) is 25.6 Å². The van der Waals surface area contributed by atoms with Crippen LogP contribution in [0, 0.1) is 5.92 Å². The van der Waals surface area contributed by atoms with Crippen molar-refractivity contribution >= 4 is 33.7 Å². The Labute approximate surface area is 222 Å². The quantitative estimate of drug-likeness (QED) is 0.349. The number of para-hydroxylation sites is 1. The number of hydrogen-bond acceptors (Lipinski definition) is 5. The fraction of sp³-hybridized carbons (Fsp3) is 0.286. The van der Waals surface area contributed by atoms with E-state index in [9.17, 15) is 18.0 Å². The molecule has 1 aliphatic rings. The molecule has 1 fully saturated rings. The molecule has 0 spiro atoms. The molecule has 4 heterocycles. The van der Waals surface area contributed by atoms with Gasteiger partial charge in [-0.15, -0.1) is 5.10 Å². The molecule has 1 N–H and O–H groups in total. The Bertz CT molecular complexity index is 1660. The molecule has 11 heteroatoms. The van der Waals surface area contributed by atoms with Crippen molar-refractivity contribution in [2.75, 3.05) is 18.0 Å². The highest BCUT2D eigenvalue weighted by Gasteiger charge is 2.30. The van der Waals surface area contributed by atoms with E-state index >= 15 is 0 Å². The minimum atomic E-state index is -4.40. The van der Waals surface area contributed by atoms with Gasteiger partial charge < -0.3 is 14.8 Å². The number of nitrogens with zero attached hydrogens (tertiary/aromatic N) is 6. The Hall–Kier alpha value is -4.41. The lowest BCUT2D eigenvalue weighted by atomic mass is 9.97. The molecule has 0 saturated carbocycles. The van der Waals surface area contributed by atoms with Gasteiger partial charge in [-0.2, -0.15) is 13.2 Å². The zero-order chi connectivity index (χ0) is 27.1. The van der Waals surface area contributed by atoms with E-state index in [1.807, 2.05) is 19.2 Å². The molecule has 1 aliphatic heterocycles. The second-order valence-electron chi connectivity index (χ2n) is 9.81. The normalized spacial score (nSPS) is 16.2. The molecule has 0 bridgehead atoms. The number of carbonyl (C=O) groups is 1. The average molecular weight is 534 g/mol. The molecule has 0 aliphatic carbocycles. The van der Waals surface area contributed by atoms with Gasteiger partial charge in [0.05, 0.1) is 29.1 Å². The lowest BCUT2D eigenvalue weighted by Crippen LogP contribution is -2.43. The SMILES string of the molecule is Cn1c(CNC(=O)C2CCCN(c3ncnc4nn(-c5ccc(C(F)(F)F)cc5)cc34)C2)cc2ccccc21. The Kier molecular flexibility index (Phi) is 6.20. The van der Waals surface area contributed by atoms with Gasteiger partial charge in [0.1, 0.15) is 12.1 Å². The van der Waals surface area contributed by atoms with E-state index in [-0.39, 0.29) is 11.8 Å². The number of nitrogens with one attached hydrogen (secondary N) is 1. The third-order valence-electron chi connectivity index (χ3n) is 7.34. The van der Waals surface area contributed by atoms with Crippen LogP contribution in [0.5, 0.6) is 0 Å². The van der Waals surface area contributed by atoms with E-state index in [1.54, 1.807) is 6.20 Å². The Morgan fingerprint density at radius 2 is 1.90 bits per heavy atom. The van der Waals surface area contributed by atoms with Crippen LogP contribution in [0.4, 0.5) is 19.0 Å². The molecule has 1 saturated heterocycles. The first-order chi connectivity index (χ1) is 18.8. The van der Waals surface area contributed by atoms with Crippen molar-refractivity contribution < 1.29 is 18.0 Å². The van der Waals surface area contributed by atoms with Gasteiger partial charge in [-0.1, -0.05) is 18.2 Å². The van der Waals surface area contributed by atoms with E-state index in [0.717, 1.165) is 48.1 Å². The largest absolute Gasteiger partial charge is 0.416 e. The second kappa shape index (κ2) is 9.72. The van der Waals surface area contributed by atoms with Crippen LogP contribution < -0.4 is 10.2 Å². The topological polar surface area (TPSA) is 80.9 Å². The number of benzene rings is 2. The van der Waals surface area contributed by atoms with Gasteiger partial charge in [0.2, 0.25) is 5.91 Å². The summed E-state index contributed by atoms with van der Waals surface area (Å²) in [7, 11) is 2.00. The van der Waals surface area contributed by atoms with Crippen LogP contribution in [0.15, 0.2) is 67.1 Å². The number of halogens is 3. The minimum absolute atomic E-state index is 0.00398. The summed E-state index contributed by atoms with van der Waals surface area (Å²) in [5.41, 5.74) is 2.35. The third-order valence-corrected chi connectivity index (χ3v) is 7.34. The Morgan fingerprint density at radius 1 is 1.10 bits per heavy atom. The van der Waals surface area contributed by atoms with Gasteiger partial charge in [0.15, 0.2) is 5.65 Å². The predicted octanol–water partition coefficient (Wildman–Crippen LogP) is 4.86. The van der Waals surface area contributed by atoms with Gasteiger partial charge >= 0.3 is 6.18 Å². The van der Waals surface area contributed by atoms with Crippen LogP contribution in [-0.2, 0) is 24.6 Å². The van der Waals surface area contributed by atoms with Crippen LogP contribution in [0.1, 0.15) is 24.1 Å². The monoisotopic (exact) mass is 533 g/mol. The summed E-state index contributed by atoms with van der Waals surface area (Å²) in [6, 6.07) is 15.0. The number of rotatable bonds is 5. The summed E-state index contributed by atoms with van der Waals surface area (Å²) in [5.74, 6) is 0.448. The van der Waals surface area contributed by atoms with Crippen molar-refractivity contribution in [1.29, 1.82) is 0 Å². The number of carbonyl (C=O) groups excluding carboxylic acids is 1. The van der Waals surface area contributed by atoms with E-state index in [2.05, 4.69) is 48.0 Å². The second-order valence-corrected chi connectivity index (χ2v) is 9.81. The summed E-state index contributed by atoms with van der Waals surface area (Å²) in [6.45, 7) is 1.67. The summed E-state index contributed by atoms with van der Waals surface area (Å²) in [5, 5.41) is 9.37. The van der Waals surface area contributed by atoms with Crippen LogP contribution in [-0.4, -0.2) is 43.3 Å². The number of fused-ring (bicyclic) bond motifs is 2. The molecule has 6 rings (SSSR count). The van der Waals surface area contributed by atoms with Crippen molar-refractivity contribution in [2.24, 2.45) is 13.0 Å². The van der Waals surface area contributed by atoms with Crippen molar-refractivity contribution in [1.82, 2.24) is 29.6 Å². The van der Waals surface area contributed by atoms with Crippen molar-refractivity contribution in [3.63, 3.8) is 0 Å². The van der Waals surface area contributed by atoms with Gasteiger partial charge in [0.25, 0.3) is 0 Å². The fourth-order valence-corrected chi connectivity index (χ4v) is 5.23. The Balaban J connectivity index is 1.18. The number of anilines is 1. The molecule has 1 atom stereocenters. The van der Waals surface area contributed by atoms with E-state index in [0.29, 0.717) is 35.6 Å². The lowest BCUT2D eigenvalue weighted by Gasteiger charge is -2.33. The number of hydrogen-bond donors (Lipinski definition) is 1. The Morgan fingerprint density at radius 3 is 2.67 bits per heavy atom. The van der Waals surface area contributed by atoms with Gasteiger partial charge in [-0.25, -0.2) is 14.6 Å². The fourth-order valence-electron chi connectivity index (χ4n) is 5.23. The number of aromatic nitrogens is 5. The predicted molar refractivity (Wildman–Crippen MR) is 141 cm³/mol. The van der Waals surface area contributed by atoms with Crippen molar-refractivity contribution in [3.05, 3.63) is 78.4 Å². The molecule has 8 nitrogen and oxygen atoms in total. The van der Waals surface area contributed by atoms with Crippen LogP contribution in [0.2, 0.25) is 0 Å². The molecule has 2 aromatic carbocycles. The lowest BCUT2D eigenvalue weighted by molar-refractivity contribution is -0.137. The molecule has 5 aromatic rings. The highest BCUT2D eigenvalue weighted by atomic mass is 19.4. The highest BCUT2D eigenvalue weighted by molar-refractivity contribution is 5.87. The van der Waals surface area contributed by atoms with Gasteiger partial charge in [-0.3, -0.25) is 4.79 Å². The maximum atomic E-state index is 13.1. The van der Waals surface area contributed by atoms with E-state index in [4.69, 9.17) is 0 Å². The summed E-state index contributed by atoms with van der Waals surface area (Å²) >= 11 is 0. The summed E-state index contributed by atoms with van der Waals surface area (Å²) < 4.78 is 42.5. The minimum Gasteiger partial charge on any atom is -0.355 e. The standard InChI is InChI=1S/C28H26F3N7O/c1-36-22(13-18-5-2-3-7-24(18)36)14-32-27(39)19-6-4-12-37(15-19)26-23-16-38(35-25(23)33-17-34-26)21-10-8-20(9-11-21)28(29,30)31/h2-3,5,7-11,13,16-17,19H,4,6,12,14-15H2,1H3,(H,32,39). The van der Waals surface area contributed by atoms with Crippen molar-refractivity contribution in [3.8, 4) is 5.69 Å². The number of aryl methyl sites for hydroxylation is 1. The van der Waals surface area contributed by atoms with Crippen LogP contribution in [0.3, 0.4) is 0 Å². The molecule has 200 valence electrons. The van der Waals surface area contributed by atoms with Gasteiger partial charge in [0, 0.05) is 37.5 Å². The maximum Gasteiger partial charge on any atom is 0.416 e. The highest BCUT2D eigenvalue weighted by Crippen LogP contribution is 2.31. The number of piperidine rings is 1. The molecule has 3 aromatic heterocycles. The summed E-state index contributed by atoms with van der Waals surface area (Å²) in [4.78, 5) is 23.9. The van der Waals surface area contributed by atoms with Crippen LogP contribution >= 0.6 is 0 Å². The summed E-state index contributed by atoms with van der Waals surface area (Å²) in [6.07, 6.45) is 0.335. The average Bonchev–Trinajstić information content (AvgIpc) is 3.52. The van der Waals surface area contributed by atoms with Gasteiger partial charge in [-0.05, 0) is 54.6 Å². The number of amides is 1. The zero-order valence-electron chi connectivity index (χ0n) is 21.2. The zero-order valence-corrected chi connectivity index (χ0v) is 21.2. The maximum absolute atomic E-state index is 13.1. The molecular weight excluding hydrogens is 507 g/mol. The molecule has 39 heavy (non-hydrogen) atoms. The number of alkyl halides is 3. The first kappa shape index (κ1) is 24.9. The molecule has 1 amide bonds. The smallest absolute Gasteiger partial charge is 0.355 e. The van der Waals surface area contributed by atoms with E-state index < -0.39 is 11.7 Å². The third kappa shape index (κ3) is 4.80.